The van der Waals surface area contributed by atoms with Crippen LogP contribution in [0.2, 0.25) is 0 Å². The molecule has 2 N–H and O–H groups in total. The molecule has 2 aromatic carbocycles. The summed E-state index contributed by atoms with van der Waals surface area (Å²) < 4.78 is 25.0. The fraction of sp³-hybridized carbons (Fsp3) is 0.500. The van der Waals surface area contributed by atoms with E-state index < -0.39 is 30.2 Å². The Bertz CT molecular complexity index is 1630. The lowest BCUT2D eigenvalue weighted by molar-refractivity contribution is -0.199. The van der Waals surface area contributed by atoms with Crippen molar-refractivity contribution < 1.29 is 28.4 Å². The Hall–Kier alpha value is -3.73. The molecule has 4 fully saturated rings. The lowest BCUT2D eigenvalue weighted by atomic mass is 9.43. The smallest absolute Gasteiger partial charge is 0.482 e. The van der Waals surface area contributed by atoms with Crippen LogP contribution in [0, 0.1) is 17.3 Å². The number of hydrogen-bond donors (Lipinski definition) is 2. The summed E-state index contributed by atoms with van der Waals surface area (Å²) in [7, 11) is 0.867. The van der Waals surface area contributed by atoms with E-state index in [-0.39, 0.29) is 17.4 Å². The molecular weight excluding hydrogens is 605 g/mol. The van der Waals surface area contributed by atoms with Crippen molar-refractivity contribution in [3.8, 4) is 5.75 Å². The van der Waals surface area contributed by atoms with Gasteiger partial charge in [-0.2, -0.15) is 0 Å². The van der Waals surface area contributed by atoms with Gasteiger partial charge in [0.05, 0.1) is 24.8 Å². The fourth-order valence-corrected chi connectivity index (χ4v) is 7.88. The summed E-state index contributed by atoms with van der Waals surface area (Å²) in [6, 6.07) is 17.0. The highest BCUT2D eigenvalue weighted by molar-refractivity contribution is 6.48. The SMILES string of the molecule is COc1c(CC(NC(=O)c2ccc(CNCc3cccnc3)cc2)B2OC3CC4CC(C4(C)C)C3(C)O2)cccc1C(=O)OC(C)(C)C. The monoisotopic (exact) mass is 653 g/mol. The average molecular weight is 654 g/mol. The summed E-state index contributed by atoms with van der Waals surface area (Å²) in [6.07, 6.45) is 5.95. The molecule has 5 unspecified atom stereocenters. The van der Waals surface area contributed by atoms with E-state index in [1.807, 2.05) is 75.5 Å². The van der Waals surface area contributed by atoms with Crippen molar-refractivity contribution in [3.63, 3.8) is 0 Å². The number of rotatable bonds is 11. The van der Waals surface area contributed by atoms with Crippen molar-refractivity contribution in [1.82, 2.24) is 15.6 Å². The predicted octanol–water partition coefficient (Wildman–Crippen LogP) is 5.94. The molecule has 7 rings (SSSR count). The first-order valence-corrected chi connectivity index (χ1v) is 17.0. The molecule has 9 nitrogen and oxygen atoms in total. The number of benzene rings is 2. The van der Waals surface area contributed by atoms with Gasteiger partial charge in [0, 0.05) is 31.0 Å². The van der Waals surface area contributed by atoms with Crippen LogP contribution in [0.4, 0.5) is 0 Å². The lowest BCUT2D eigenvalue weighted by Gasteiger charge is -2.64. The van der Waals surface area contributed by atoms with Gasteiger partial charge >= 0.3 is 13.1 Å². The quantitative estimate of drug-likeness (QED) is 0.193. The largest absolute Gasteiger partial charge is 0.496 e. The van der Waals surface area contributed by atoms with Crippen LogP contribution >= 0.6 is 0 Å². The molecule has 1 aliphatic heterocycles. The minimum absolute atomic E-state index is 0.0490. The second-order valence-electron chi connectivity index (χ2n) is 15.3. The Morgan fingerprint density at radius 2 is 1.77 bits per heavy atom. The van der Waals surface area contributed by atoms with Gasteiger partial charge in [-0.05, 0) is 105 Å². The molecule has 1 amide bonds. The Kier molecular flexibility index (Phi) is 9.46. The summed E-state index contributed by atoms with van der Waals surface area (Å²) in [6.45, 7) is 13.7. The Morgan fingerprint density at radius 1 is 1.02 bits per heavy atom. The molecule has 5 atom stereocenters. The van der Waals surface area contributed by atoms with E-state index in [0.29, 0.717) is 48.2 Å². The van der Waals surface area contributed by atoms with Crippen LogP contribution < -0.4 is 15.4 Å². The van der Waals surface area contributed by atoms with Gasteiger partial charge in [-0.15, -0.1) is 0 Å². The van der Waals surface area contributed by atoms with Crippen LogP contribution in [-0.2, 0) is 33.6 Å². The molecule has 2 bridgehead atoms. The summed E-state index contributed by atoms with van der Waals surface area (Å²) in [5.41, 5.74) is 2.87. The maximum Gasteiger partial charge on any atom is 0.482 e. The van der Waals surface area contributed by atoms with E-state index in [0.717, 1.165) is 29.5 Å². The molecule has 1 saturated heterocycles. The number of nitrogens with one attached hydrogen (secondary N) is 2. The van der Waals surface area contributed by atoms with E-state index in [1.165, 1.54) is 0 Å². The van der Waals surface area contributed by atoms with Crippen molar-refractivity contribution >= 4 is 19.0 Å². The molecule has 3 aliphatic carbocycles. The third kappa shape index (κ3) is 6.89. The lowest BCUT2D eigenvalue weighted by Crippen LogP contribution is -2.65. The summed E-state index contributed by atoms with van der Waals surface area (Å²) in [5, 5.41) is 6.66. The Labute approximate surface area is 284 Å². The number of esters is 1. The van der Waals surface area contributed by atoms with Crippen molar-refractivity contribution in [2.24, 2.45) is 17.3 Å². The minimum Gasteiger partial charge on any atom is -0.496 e. The number of hydrogen-bond acceptors (Lipinski definition) is 8. The number of carbonyl (C=O) groups excluding carboxylic acids is 2. The van der Waals surface area contributed by atoms with E-state index in [2.05, 4.69) is 36.4 Å². The van der Waals surface area contributed by atoms with Crippen LogP contribution in [-0.4, -0.2) is 54.3 Å². The number of pyridine rings is 1. The van der Waals surface area contributed by atoms with Gasteiger partial charge < -0.3 is 29.4 Å². The number of nitrogens with zero attached hydrogens (tertiary/aromatic N) is 1. The minimum atomic E-state index is -0.676. The van der Waals surface area contributed by atoms with Gasteiger partial charge in [-0.25, -0.2) is 4.79 Å². The normalized spacial score (nSPS) is 24.6. The zero-order chi connectivity index (χ0) is 34.3. The standard InChI is InChI=1S/C38H48BN3O6/c1-36(2,3)46-35(44)29-12-8-11-27(33(29)45-7)18-32(39-47-31-20-28-19-30(37(28,4)5)38(31,6)48-39)42-34(43)26-15-13-24(14-16-26)21-41-23-25-10-9-17-40-22-25/h8-17,22,28,30-32,41H,18-21,23H2,1-7H3,(H,42,43). The van der Waals surface area contributed by atoms with Crippen LogP contribution in [0.5, 0.6) is 5.75 Å². The molecule has 254 valence electrons. The third-order valence-electron chi connectivity index (χ3n) is 10.6. The first-order chi connectivity index (χ1) is 22.8. The zero-order valence-corrected chi connectivity index (χ0v) is 29.2. The van der Waals surface area contributed by atoms with Crippen molar-refractivity contribution in [2.45, 2.75) is 97.1 Å². The second-order valence-corrected chi connectivity index (χ2v) is 15.3. The molecule has 1 aromatic heterocycles. The van der Waals surface area contributed by atoms with Crippen molar-refractivity contribution in [3.05, 3.63) is 94.8 Å². The van der Waals surface area contributed by atoms with E-state index >= 15 is 0 Å². The number of methoxy groups -OCH3 is 1. The Morgan fingerprint density at radius 3 is 2.44 bits per heavy atom. The molecule has 4 aliphatic rings. The van der Waals surface area contributed by atoms with Gasteiger partial charge in [0.2, 0.25) is 0 Å². The molecule has 0 spiro atoms. The number of ether oxygens (including phenoxy) is 2. The zero-order valence-electron chi connectivity index (χ0n) is 29.2. The molecule has 48 heavy (non-hydrogen) atoms. The van der Waals surface area contributed by atoms with E-state index in [1.54, 1.807) is 19.4 Å². The van der Waals surface area contributed by atoms with Gasteiger partial charge in [-0.3, -0.25) is 9.78 Å². The topological polar surface area (TPSA) is 108 Å². The summed E-state index contributed by atoms with van der Waals surface area (Å²) >= 11 is 0. The fourth-order valence-electron chi connectivity index (χ4n) is 7.88. The molecular formula is C38H48BN3O6. The van der Waals surface area contributed by atoms with E-state index in [9.17, 15) is 9.59 Å². The average Bonchev–Trinajstić information content (AvgIpc) is 3.41. The second kappa shape index (κ2) is 13.3. The number of carbonyl (C=O) groups is 2. The molecule has 3 aromatic rings. The van der Waals surface area contributed by atoms with Gasteiger partial charge in [0.25, 0.3) is 5.91 Å². The third-order valence-corrected chi connectivity index (χ3v) is 10.6. The van der Waals surface area contributed by atoms with Gasteiger partial charge in [-0.1, -0.05) is 44.2 Å². The first-order valence-electron chi connectivity index (χ1n) is 17.0. The van der Waals surface area contributed by atoms with Gasteiger partial charge in [0.1, 0.15) is 16.9 Å². The van der Waals surface area contributed by atoms with Gasteiger partial charge in [0.15, 0.2) is 0 Å². The molecule has 3 saturated carbocycles. The van der Waals surface area contributed by atoms with Crippen LogP contribution in [0.15, 0.2) is 67.0 Å². The van der Waals surface area contributed by atoms with Crippen LogP contribution in [0.1, 0.15) is 91.8 Å². The molecule has 2 heterocycles. The number of amides is 1. The summed E-state index contributed by atoms with van der Waals surface area (Å²) in [4.78, 5) is 31.1. The van der Waals surface area contributed by atoms with Crippen LogP contribution in [0.25, 0.3) is 0 Å². The Balaban J connectivity index is 1.22. The molecule has 10 heteroatoms. The highest BCUT2D eigenvalue weighted by Crippen LogP contribution is 2.65. The van der Waals surface area contributed by atoms with Crippen LogP contribution in [0.3, 0.4) is 0 Å². The first kappa shape index (κ1) is 34.1. The maximum atomic E-state index is 13.8. The maximum absolute atomic E-state index is 13.8. The van der Waals surface area contributed by atoms with Crippen molar-refractivity contribution in [1.29, 1.82) is 0 Å². The highest BCUT2D eigenvalue weighted by atomic mass is 16.7. The highest BCUT2D eigenvalue weighted by Gasteiger charge is 2.68. The number of para-hydroxylation sites is 1. The van der Waals surface area contributed by atoms with E-state index in [4.69, 9.17) is 18.8 Å². The summed E-state index contributed by atoms with van der Waals surface area (Å²) in [5.74, 6) is 0.140. The molecule has 0 radical (unpaired) electrons. The van der Waals surface area contributed by atoms with Crippen molar-refractivity contribution in [2.75, 3.05) is 7.11 Å². The predicted molar refractivity (Wildman–Crippen MR) is 184 cm³/mol. The number of aromatic nitrogens is 1.